The summed E-state index contributed by atoms with van der Waals surface area (Å²) in [5, 5.41) is -0.0262. The van der Waals surface area contributed by atoms with Crippen LogP contribution in [0.15, 0.2) is 0 Å². The van der Waals surface area contributed by atoms with Crippen molar-refractivity contribution in [2.45, 2.75) is 94.9 Å². The van der Waals surface area contributed by atoms with E-state index < -0.39 is 4.87 Å². The highest BCUT2D eigenvalue weighted by molar-refractivity contribution is 6.33. The molecule has 4 saturated carbocycles. The first-order chi connectivity index (χ1) is 11.7. The van der Waals surface area contributed by atoms with Crippen molar-refractivity contribution < 1.29 is 9.53 Å². The van der Waals surface area contributed by atoms with Gasteiger partial charge >= 0.3 is 5.97 Å². The van der Waals surface area contributed by atoms with E-state index in [1.54, 1.807) is 0 Å². The van der Waals surface area contributed by atoms with E-state index in [4.69, 9.17) is 27.9 Å². The zero-order valence-electron chi connectivity index (χ0n) is 15.8. The molecule has 8 atom stereocenters. The van der Waals surface area contributed by atoms with Crippen LogP contribution in [0.4, 0.5) is 0 Å². The van der Waals surface area contributed by atoms with E-state index in [-0.39, 0.29) is 22.9 Å². The Hall–Kier alpha value is 0.0500. The Morgan fingerprint density at radius 1 is 1.08 bits per heavy atom. The molecule has 3 unspecified atom stereocenters. The van der Waals surface area contributed by atoms with E-state index in [1.807, 2.05) is 0 Å². The summed E-state index contributed by atoms with van der Waals surface area (Å²) in [6.07, 6.45) is 10.4. The van der Waals surface area contributed by atoms with Crippen molar-refractivity contribution in [3.63, 3.8) is 0 Å². The summed E-state index contributed by atoms with van der Waals surface area (Å²) < 4.78 is 5.54. The molecule has 0 aromatic carbocycles. The Labute approximate surface area is 162 Å². The summed E-state index contributed by atoms with van der Waals surface area (Å²) in [5.41, 5.74) is 0.597. The van der Waals surface area contributed by atoms with Crippen molar-refractivity contribution >= 4 is 29.2 Å². The molecule has 0 aromatic rings. The number of esters is 1. The molecule has 0 spiro atoms. The maximum absolute atomic E-state index is 11.4. The smallest absolute Gasteiger partial charge is 0.302 e. The van der Waals surface area contributed by atoms with Crippen LogP contribution in [-0.4, -0.2) is 22.3 Å². The van der Waals surface area contributed by atoms with Crippen molar-refractivity contribution in [1.82, 2.24) is 0 Å². The van der Waals surface area contributed by atoms with E-state index >= 15 is 0 Å². The third kappa shape index (κ3) is 2.60. The highest BCUT2D eigenvalue weighted by Crippen LogP contribution is 2.69. The second kappa shape index (κ2) is 6.03. The lowest BCUT2D eigenvalue weighted by molar-refractivity contribution is -0.155. The van der Waals surface area contributed by atoms with Crippen molar-refractivity contribution in [2.75, 3.05) is 0 Å². The van der Waals surface area contributed by atoms with Gasteiger partial charge < -0.3 is 4.74 Å². The molecule has 0 bridgehead atoms. The maximum Gasteiger partial charge on any atom is 0.302 e. The van der Waals surface area contributed by atoms with Gasteiger partial charge in [0, 0.05) is 13.3 Å². The van der Waals surface area contributed by atoms with Gasteiger partial charge in [0.2, 0.25) is 0 Å². The molecule has 4 aliphatic carbocycles. The number of carbonyl (C=O) groups is 1. The quantitative estimate of drug-likeness (QED) is 0.412. The number of fused-ring (bicyclic) bond motifs is 5. The van der Waals surface area contributed by atoms with E-state index in [9.17, 15) is 4.79 Å². The van der Waals surface area contributed by atoms with Gasteiger partial charge in [-0.1, -0.05) is 20.3 Å². The summed E-state index contributed by atoms with van der Waals surface area (Å²) >= 11 is 14.3. The first-order valence-electron chi connectivity index (χ1n) is 10.2. The average Bonchev–Trinajstić information content (AvgIpc) is 2.92. The van der Waals surface area contributed by atoms with E-state index in [0.717, 1.165) is 31.1 Å². The van der Waals surface area contributed by atoms with Crippen LogP contribution in [0.1, 0.15) is 78.6 Å². The van der Waals surface area contributed by atoms with Gasteiger partial charge in [-0.05, 0) is 73.5 Å². The number of alkyl halides is 2. The molecule has 0 heterocycles. The summed E-state index contributed by atoms with van der Waals surface area (Å²) in [5.74, 6) is 2.03. The third-order valence-electron chi connectivity index (χ3n) is 8.80. The summed E-state index contributed by atoms with van der Waals surface area (Å²) in [6.45, 7) is 6.41. The molecule has 0 aliphatic heterocycles. The maximum atomic E-state index is 11.4. The van der Waals surface area contributed by atoms with Crippen molar-refractivity contribution in [3.8, 4) is 0 Å². The number of hydrogen-bond acceptors (Lipinski definition) is 2. The van der Waals surface area contributed by atoms with Crippen LogP contribution in [0.5, 0.6) is 0 Å². The molecule has 4 fully saturated rings. The number of halogens is 2. The molecule has 142 valence electrons. The lowest BCUT2D eigenvalue weighted by atomic mass is 9.45. The van der Waals surface area contributed by atoms with Crippen LogP contribution >= 0.6 is 23.2 Å². The van der Waals surface area contributed by atoms with Gasteiger partial charge in [-0.2, -0.15) is 0 Å². The first kappa shape index (κ1) is 18.4. The van der Waals surface area contributed by atoms with Crippen LogP contribution in [0.25, 0.3) is 0 Å². The minimum Gasteiger partial charge on any atom is -0.462 e. The Morgan fingerprint density at radius 3 is 2.56 bits per heavy atom. The molecule has 0 amide bonds. The minimum absolute atomic E-state index is 0.0262. The first-order valence-corrected chi connectivity index (χ1v) is 11.0. The third-order valence-corrected chi connectivity index (χ3v) is 10.3. The molecular formula is C21H32Cl2O2. The molecule has 0 saturated heterocycles. The zero-order chi connectivity index (χ0) is 18.0. The predicted molar refractivity (Wildman–Crippen MR) is 102 cm³/mol. The van der Waals surface area contributed by atoms with Gasteiger partial charge in [0.1, 0.15) is 6.10 Å². The number of ether oxygens (including phenoxy) is 1. The van der Waals surface area contributed by atoms with Crippen molar-refractivity contribution in [1.29, 1.82) is 0 Å². The zero-order valence-corrected chi connectivity index (χ0v) is 17.3. The molecule has 2 nitrogen and oxygen atoms in total. The Bertz CT molecular complexity index is 566. The molecule has 25 heavy (non-hydrogen) atoms. The monoisotopic (exact) mass is 386 g/mol. The molecule has 0 N–H and O–H groups in total. The van der Waals surface area contributed by atoms with Crippen molar-refractivity contribution in [2.24, 2.45) is 28.6 Å². The van der Waals surface area contributed by atoms with Crippen LogP contribution in [0.3, 0.4) is 0 Å². The van der Waals surface area contributed by atoms with Gasteiger partial charge in [-0.3, -0.25) is 4.79 Å². The van der Waals surface area contributed by atoms with Crippen LogP contribution in [-0.2, 0) is 9.53 Å². The number of hydrogen-bond donors (Lipinski definition) is 0. The second-order valence-corrected chi connectivity index (χ2v) is 11.1. The highest BCUT2D eigenvalue weighted by atomic mass is 35.5. The molecule has 0 aromatic heterocycles. The normalized spacial score (nSPS) is 55.0. The SMILES string of the molecule is CC(=O)OC1CC[C@]2(C)[C@H]3CC[C@]4(C)CCC[C@H]4[C@@H]3CC(Cl)C2(Cl)C1. The molecule has 0 radical (unpaired) electrons. The van der Waals surface area contributed by atoms with Gasteiger partial charge in [0.15, 0.2) is 0 Å². The van der Waals surface area contributed by atoms with E-state index in [1.165, 1.54) is 39.0 Å². The fourth-order valence-electron chi connectivity index (χ4n) is 7.48. The molecule has 4 rings (SSSR count). The summed E-state index contributed by atoms with van der Waals surface area (Å²) in [4.78, 5) is 11.0. The fraction of sp³-hybridized carbons (Fsp3) is 0.952. The summed E-state index contributed by atoms with van der Waals surface area (Å²) in [7, 11) is 0. The van der Waals surface area contributed by atoms with Gasteiger partial charge in [-0.15, -0.1) is 23.2 Å². The van der Waals surface area contributed by atoms with Crippen LogP contribution in [0.2, 0.25) is 0 Å². The number of rotatable bonds is 1. The fourth-order valence-corrected chi connectivity index (χ4v) is 8.52. The lowest BCUT2D eigenvalue weighted by Gasteiger charge is -2.65. The Morgan fingerprint density at radius 2 is 1.84 bits per heavy atom. The highest BCUT2D eigenvalue weighted by Gasteiger charge is 2.66. The van der Waals surface area contributed by atoms with E-state index in [2.05, 4.69) is 13.8 Å². The van der Waals surface area contributed by atoms with Crippen molar-refractivity contribution in [3.05, 3.63) is 0 Å². The van der Waals surface area contributed by atoms with Gasteiger partial charge in [0.25, 0.3) is 0 Å². The molecule has 4 heteroatoms. The lowest BCUT2D eigenvalue weighted by Crippen LogP contribution is -2.64. The van der Waals surface area contributed by atoms with Crippen LogP contribution in [0, 0.1) is 28.6 Å². The Balaban J connectivity index is 1.64. The Kier molecular flexibility index (Phi) is 4.44. The molecule has 4 aliphatic rings. The van der Waals surface area contributed by atoms with Crippen LogP contribution < -0.4 is 0 Å². The topological polar surface area (TPSA) is 26.3 Å². The molecular weight excluding hydrogens is 355 g/mol. The van der Waals surface area contributed by atoms with E-state index in [0.29, 0.717) is 17.8 Å². The average molecular weight is 387 g/mol. The summed E-state index contributed by atoms with van der Waals surface area (Å²) in [6, 6.07) is 0. The second-order valence-electron chi connectivity index (χ2n) is 9.92. The number of carbonyl (C=O) groups excluding carboxylic acids is 1. The van der Waals surface area contributed by atoms with Gasteiger partial charge in [0.05, 0.1) is 10.3 Å². The largest absolute Gasteiger partial charge is 0.462 e. The standard InChI is InChI=1S/C21H32Cl2O2/c1-13(24)25-14-6-10-20(3)17-7-9-19(2)8-4-5-16(19)15(17)11-18(22)21(20,23)12-14/h14-18H,4-12H2,1-3H3/t14?,15-,16-,17-,18?,19-,20+,21?/m0/s1. The predicted octanol–water partition coefficient (Wildman–Crippen LogP) is 5.93. The minimum atomic E-state index is -0.444. The van der Waals surface area contributed by atoms with Gasteiger partial charge in [-0.25, -0.2) is 0 Å².